The zero-order valence-electron chi connectivity index (χ0n) is 13.2. The van der Waals surface area contributed by atoms with Crippen LogP contribution in [0.3, 0.4) is 0 Å². The fourth-order valence-electron chi connectivity index (χ4n) is 2.08. The number of hydrogen-bond donors (Lipinski definition) is 2. The number of carbonyl (C=O) groups excluding carboxylic acids is 1. The lowest BCUT2D eigenvalue weighted by Gasteiger charge is -2.12. The molecular weight excluding hydrogens is 268 g/mol. The molecule has 0 amide bonds. The third-order valence-corrected chi connectivity index (χ3v) is 3.38. The van der Waals surface area contributed by atoms with Crippen LogP contribution < -0.4 is 16.3 Å². The number of ketones is 1. The molecule has 116 valence electrons. The van der Waals surface area contributed by atoms with E-state index in [1.807, 2.05) is 26.2 Å². The Morgan fingerprint density at radius 2 is 2.14 bits per heavy atom. The van der Waals surface area contributed by atoms with Crippen molar-refractivity contribution in [2.75, 3.05) is 19.4 Å². The van der Waals surface area contributed by atoms with Gasteiger partial charge in [-0.1, -0.05) is 19.9 Å². The molecule has 0 aliphatic carbocycles. The molecule has 0 spiro atoms. The van der Waals surface area contributed by atoms with Crippen LogP contribution in [0.4, 0.5) is 5.69 Å². The van der Waals surface area contributed by atoms with Crippen molar-refractivity contribution < 1.29 is 9.21 Å². The highest BCUT2D eigenvalue weighted by Crippen LogP contribution is 2.24. The molecular formula is C16H24N2O3. The second-order valence-electron chi connectivity index (χ2n) is 4.92. The molecule has 5 heteroatoms. The summed E-state index contributed by atoms with van der Waals surface area (Å²) >= 11 is 0. The second-order valence-corrected chi connectivity index (χ2v) is 4.92. The maximum atomic E-state index is 12.0. The summed E-state index contributed by atoms with van der Waals surface area (Å²) in [6.07, 6.45) is 5.94. The standard InChI is InChI=1S/C16H24N2O3/c1-5-13(19)15-12(18-4)10-14(21-16(15)20)11(2)8-6-7-9-17-3/h7,9-11,17-18H,5-6,8H2,1-4H3/b9-7+. The Kier molecular flexibility index (Phi) is 6.72. The molecule has 0 saturated heterocycles. The van der Waals surface area contributed by atoms with Crippen LogP contribution in [0.2, 0.25) is 0 Å². The lowest BCUT2D eigenvalue weighted by atomic mass is 10.0. The van der Waals surface area contributed by atoms with Crippen LogP contribution in [0.5, 0.6) is 0 Å². The van der Waals surface area contributed by atoms with Crippen molar-refractivity contribution in [3.05, 3.63) is 40.1 Å². The minimum absolute atomic E-state index is 0.108. The number of carbonyl (C=O) groups is 1. The SMILES string of the molecule is CCC(=O)c1c(NC)cc(C(C)CC/C=C/NC)oc1=O. The van der Waals surface area contributed by atoms with Gasteiger partial charge in [0.05, 0.1) is 5.69 Å². The van der Waals surface area contributed by atoms with Gasteiger partial charge in [-0.15, -0.1) is 0 Å². The van der Waals surface area contributed by atoms with E-state index >= 15 is 0 Å². The molecule has 0 aliphatic heterocycles. The van der Waals surface area contributed by atoms with E-state index in [1.54, 1.807) is 20.0 Å². The Bertz CT molecular complexity index is 561. The molecule has 1 unspecified atom stereocenters. The molecule has 0 saturated carbocycles. The van der Waals surface area contributed by atoms with Crippen LogP contribution in [0.15, 0.2) is 27.6 Å². The first-order valence-corrected chi connectivity index (χ1v) is 7.26. The summed E-state index contributed by atoms with van der Waals surface area (Å²) in [7, 11) is 3.55. The summed E-state index contributed by atoms with van der Waals surface area (Å²) in [6.45, 7) is 3.73. The van der Waals surface area contributed by atoms with E-state index in [-0.39, 0.29) is 23.7 Å². The molecule has 21 heavy (non-hydrogen) atoms. The number of anilines is 1. The fraction of sp³-hybridized carbons (Fsp3) is 0.500. The highest BCUT2D eigenvalue weighted by atomic mass is 16.4. The number of rotatable bonds is 8. The van der Waals surface area contributed by atoms with Crippen LogP contribution in [0.25, 0.3) is 0 Å². The number of Topliss-reactive ketones (excluding diaryl/α,β-unsaturated/α-hetero) is 1. The van der Waals surface area contributed by atoms with Gasteiger partial charge in [0.1, 0.15) is 11.3 Å². The molecule has 0 aromatic carbocycles. The highest BCUT2D eigenvalue weighted by molar-refractivity contribution is 6.00. The average Bonchev–Trinajstić information content (AvgIpc) is 2.49. The lowest BCUT2D eigenvalue weighted by Crippen LogP contribution is -2.18. The third-order valence-electron chi connectivity index (χ3n) is 3.38. The highest BCUT2D eigenvalue weighted by Gasteiger charge is 2.19. The summed E-state index contributed by atoms with van der Waals surface area (Å²) in [5.41, 5.74) is 0.109. The van der Waals surface area contributed by atoms with Crippen molar-refractivity contribution in [2.24, 2.45) is 0 Å². The predicted octanol–water partition coefficient (Wildman–Crippen LogP) is 2.89. The van der Waals surface area contributed by atoms with Crippen molar-refractivity contribution in [2.45, 2.75) is 39.0 Å². The molecule has 5 nitrogen and oxygen atoms in total. The number of allylic oxidation sites excluding steroid dienone is 1. The van der Waals surface area contributed by atoms with Gasteiger partial charge >= 0.3 is 5.63 Å². The molecule has 0 aliphatic rings. The summed E-state index contributed by atoms with van der Waals surface area (Å²) < 4.78 is 5.34. The van der Waals surface area contributed by atoms with Gasteiger partial charge in [-0.05, 0) is 19.0 Å². The molecule has 0 bridgehead atoms. The Balaban J connectivity index is 3.00. The van der Waals surface area contributed by atoms with Crippen molar-refractivity contribution in [1.82, 2.24) is 5.32 Å². The quantitative estimate of drug-likeness (QED) is 0.721. The van der Waals surface area contributed by atoms with E-state index in [4.69, 9.17) is 4.42 Å². The Labute approximate surface area is 125 Å². The van der Waals surface area contributed by atoms with Crippen LogP contribution >= 0.6 is 0 Å². The molecule has 1 aromatic rings. The Morgan fingerprint density at radius 1 is 1.43 bits per heavy atom. The summed E-state index contributed by atoms with van der Waals surface area (Å²) in [4.78, 5) is 23.9. The second kappa shape index (κ2) is 8.29. The molecule has 1 aromatic heterocycles. The average molecular weight is 292 g/mol. The van der Waals surface area contributed by atoms with Crippen molar-refractivity contribution in [3.8, 4) is 0 Å². The number of nitrogens with one attached hydrogen (secondary N) is 2. The van der Waals surface area contributed by atoms with Gasteiger partial charge in [0, 0.05) is 32.5 Å². The van der Waals surface area contributed by atoms with E-state index in [9.17, 15) is 9.59 Å². The Morgan fingerprint density at radius 3 is 2.71 bits per heavy atom. The Hall–Kier alpha value is -2.04. The van der Waals surface area contributed by atoms with E-state index < -0.39 is 5.63 Å². The maximum Gasteiger partial charge on any atom is 0.348 e. The van der Waals surface area contributed by atoms with E-state index in [0.717, 1.165) is 12.8 Å². The minimum atomic E-state index is -0.554. The first-order valence-electron chi connectivity index (χ1n) is 7.26. The van der Waals surface area contributed by atoms with Crippen molar-refractivity contribution in [1.29, 1.82) is 0 Å². The topological polar surface area (TPSA) is 71.3 Å². The normalized spacial score (nSPS) is 12.4. The van der Waals surface area contributed by atoms with Crippen LogP contribution in [-0.2, 0) is 0 Å². The van der Waals surface area contributed by atoms with Crippen LogP contribution in [0.1, 0.15) is 55.1 Å². The van der Waals surface area contributed by atoms with Crippen molar-refractivity contribution >= 4 is 11.5 Å². The first kappa shape index (κ1) is 17.0. The summed E-state index contributed by atoms with van der Waals surface area (Å²) in [6, 6.07) is 1.76. The molecule has 1 heterocycles. The van der Waals surface area contributed by atoms with Gasteiger partial charge in [0.25, 0.3) is 0 Å². The number of hydrogen-bond acceptors (Lipinski definition) is 5. The van der Waals surface area contributed by atoms with E-state index in [0.29, 0.717) is 11.4 Å². The zero-order valence-corrected chi connectivity index (χ0v) is 13.2. The minimum Gasteiger partial charge on any atom is -0.427 e. The zero-order chi connectivity index (χ0) is 15.8. The molecule has 0 fully saturated rings. The van der Waals surface area contributed by atoms with Gasteiger partial charge in [-0.3, -0.25) is 4.79 Å². The van der Waals surface area contributed by atoms with Gasteiger partial charge in [0.2, 0.25) is 0 Å². The van der Waals surface area contributed by atoms with Gasteiger partial charge < -0.3 is 15.1 Å². The maximum absolute atomic E-state index is 12.0. The predicted molar refractivity (Wildman–Crippen MR) is 85.0 cm³/mol. The lowest BCUT2D eigenvalue weighted by molar-refractivity contribution is 0.0984. The molecule has 2 N–H and O–H groups in total. The van der Waals surface area contributed by atoms with E-state index in [1.165, 1.54) is 0 Å². The smallest absolute Gasteiger partial charge is 0.348 e. The van der Waals surface area contributed by atoms with Crippen molar-refractivity contribution in [3.63, 3.8) is 0 Å². The van der Waals surface area contributed by atoms with Gasteiger partial charge in [-0.2, -0.15) is 0 Å². The van der Waals surface area contributed by atoms with Gasteiger partial charge in [-0.25, -0.2) is 4.79 Å². The molecule has 1 atom stereocenters. The first-order chi connectivity index (χ1) is 10.0. The molecule has 0 radical (unpaired) electrons. The largest absolute Gasteiger partial charge is 0.427 e. The van der Waals surface area contributed by atoms with Gasteiger partial charge in [0.15, 0.2) is 5.78 Å². The van der Waals surface area contributed by atoms with Crippen LogP contribution in [0, 0.1) is 0 Å². The van der Waals surface area contributed by atoms with E-state index in [2.05, 4.69) is 10.6 Å². The summed E-state index contributed by atoms with van der Waals surface area (Å²) in [5, 5.41) is 5.85. The molecule has 1 rings (SSSR count). The fourth-order valence-corrected chi connectivity index (χ4v) is 2.08. The monoisotopic (exact) mass is 292 g/mol. The third kappa shape index (κ3) is 4.48. The van der Waals surface area contributed by atoms with Crippen LogP contribution in [-0.4, -0.2) is 19.9 Å². The summed E-state index contributed by atoms with van der Waals surface area (Å²) in [5.74, 6) is 0.510.